The number of carbonyl (C=O) groups excluding carboxylic acids is 1. The number of hydrogen-bond acceptors (Lipinski definition) is 2. The van der Waals surface area contributed by atoms with Gasteiger partial charge in [0, 0.05) is 0 Å². The van der Waals surface area contributed by atoms with Crippen LogP contribution in [0.5, 0.6) is 0 Å². The van der Waals surface area contributed by atoms with Crippen molar-refractivity contribution in [3.8, 4) is 0 Å². The summed E-state index contributed by atoms with van der Waals surface area (Å²) in [6.07, 6.45) is 0. The Balaban J connectivity index is 1.90. The fourth-order valence-corrected chi connectivity index (χ4v) is 2.53. The molecule has 0 saturated heterocycles. The van der Waals surface area contributed by atoms with Crippen LogP contribution in [0.3, 0.4) is 0 Å². The number of rotatable bonds is 4. The van der Waals surface area contributed by atoms with Gasteiger partial charge in [0.25, 0.3) is 5.91 Å². The third kappa shape index (κ3) is 3.08. The smallest absolute Gasteiger partial charge is 0.254 e. The zero-order valence-electron chi connectivity index (χ0n) is 13.0. The van der Waals surface area contributed by atoms with Gasteiger partial charge in [-0.1, -0.05) is 38.1 Å². The predicted octanol–water partition coefficient (Wildman–Crippen LogP) is 3.83. The topological polar surface area (TPSA) is 57.8 Å². The number of nitrogens with one attached hydrogen (secondary N) is 2. The molecule has 5 heteroatoms. The maximum Gasteiger partial charge on any atom is 0.254 e. The molecule has 0 radical (unpaired) electrons. The van der Waals surface area contributed by atoms with Gasteiger partial charge in [-0.15, -0.1) is 0 Å². The average molecular weight is 311 g/mol. The summed E-state index contributed by atoms with van der Waals surface area (Å²) in [6, 6.07) is 13.3. The Morgan fingerprint density at radius 2 is 1.83 bits per heavy atom. The third-order valence-electron chi connectivity index (χ3n) is 3.77. The lowest BCUT2D eigenvalue weighted by Gasteiger charge is -2.20. The van der Waals surface area contributed by atoms with Crippen LogP contribution in [-0.2, 0) is 0 Å². The molecule has 2 N–H and O–H groups in total. The summed E-state index contributed by atoms with van der Waals surface area (Å²) in [5.41, 5.74) is 1.79. The van der Waals surface area contributed by atoms with E-state index in [-0.39, 0.29) is 17.5 Å². The fourth-order valence-electron chi connectivity index (χ4n) is 2.53. The van der Waals surface area contributed by atoms with Crippen LogP contribution in [0.2, 0.25) is 0 Å². The van der Waals surface area contributed by atoms with E-state index >= 15 is 0 Å². The number of aromatic nitrogens is 2. The van der Waals surface area contributed by atoms with E-state index in [0.717, 1.165) is 11.0 Å². The third-order valence-corrected chi connectivity index (χ3v) is 3.77. The molecule has 0 aliphatic carbocycles. The fraction of sp³-hybridized carbons (Fsp3) is 0.222. The lowest BCUT2D eigenvalue weighted by atomic mass is 10.0. The van der Waals surface area contributed by atoms with Gasteiger partial charge >= 0.3 is 0 Å². The van der Waals surface area contributed by atoms with E-state index in [9.17, 15) is 9.18 Å². The number of fused-ring (bicyclic) bond motifs is 1. The molecule has 0 saturated carbocycles. The maximum atomic E-state index is 13.8. The van der Waals surface area contributed by atoms with Crippen molar-refractivity contribution in [2.75, 3.05) is 0 Å². The molecule has 0 unspecified atom stereocenters. The van der Waals surface area contributed by atoms with Crippen molar-refractivity contribution in [3.63, 3.8) is 0 Å². The second-order valence-electron chi connectivity index (χ2n) is 5.81. The molecule has 3 rings (SSSR count). The number of amides is 1. The Morgan fingerprint density at radius 3 is 2.52 bits per heavy atom. The van der Waals surface area contributed by atoms with Gasteiger partial charge in [-0.05, 0) is 30.2 Å². The molecule has 1 atom stereocenters. The van der Waals surface area contributed by atoms with Crippen LogP contribution in [0.15, 0.2) is 48.5 Å². The number of aromatic amines is 1. The summed E-state index contributed by atoms with van der Waals surface area (Å²) in [7, 11) is 0. The summed E-state index contributed by atoms with van der Waals surface area (Å²) >= 11 is 0. The van der Waals surface area contributed by atoms with E-state index < -0.39 is 11.7 Å². The van der Waals surface area contributed by atoms with Gasteiger partial charge in [-0.3, -0.25) is 4.79 Å². The van der Waals surface area contributed by atoms with Crippen LogP contribution in [0.4, 0.5) is 4.39 Å². The largest absolute Gasteiger partial charge is 0.342 e. The Morgan fingerprint density at radius 1 is 1.13 bits per heavy atom. The standard InChI is InChI=1S/C18H18FN3O/c1-11(2)16(17-20-14-9-5-6-10-15(14)21-17)22-18(23)12-7-3-4-8-13(12)19/h3-11,16H,1-2H3,(H,20,21)(H,22,23)/t16-/m1/s1. The van der Waals surface area contributed by atoms with Crippen LogP contribution in [0, 0.1) is 11.7 Å². The molecule has 118 valence electrons. The molecule has 0 spiro atoms. The Kier molecular flexibility index (Phi) is 4.10. The normalized spacial score (nSPS) is 12.5. The van der Waals surface area contributed by atoms with Crippen molar-refractivity contribution in [1.82, 2.24) is 15.3 Å². The van der Waals surface area contributed by atoms with Gasteiger partial charge in [0.05, 0.1) is 22.6 Å². The quantitative estimate of drug-likeness (QED) is 0.769. The molecule has 1 amide bonds. The van der Waals surface area contributed by atoms with Crippen LogP contribution >= 0.6 is 0 Å². The number of para-hydroxylation sites is 2. The summed E-state index contributed by atoms with van der Waals surface area (Å²) in [6.45, 7) is 3.97. The van der Waals surface area contributed by atoms with Gasteiger partial charge in [-0.25, -0.2) is 9.37 Å². The molecular formula is C18H18FN3O. The van der Waals surface area contributed by atoms with Crippen molar-refractivity contribution < 1.29 is 9.18 Å². The molecule has 1 heterocycles. The second kappa shape index (κ2) is 6.20. The van der Waals surface area contributed by atoms with Crippen LogP contribution in [0.25, 0.3) is 11.0 Å². The van der Waals surface area contributed by atoms with Crippen molar-refractivity contribution >= 4 is 16.9 Å². The van der Waals surface area contributed by atoms with Crippen LogP contribution < -0.4 is 5.32 Å². The first-order valence-electron chi connectivity index (χ1n) is 7.56. The van der Waals surface area contributed by atoms with Crippen molar-refractivity contribution in [2.45, 2.75) is 19.9 Å². The molecule has 2 aromatic carbocycles. The first-order valence-corrected chi connectivity index (χ1v) is 7.56. The summed E-state index contributed by atoms with van der Waals surface area (Å²) in [5, 5.41) is 2.88. The molecule has 3 aromatic rings. The van der Waals surface area contributed by atoms with Gasteiger partial charge in [0.1, 0.15) is 11.6 Å². The SMILES string of the molecule is CC(C)[C@@H](NC(=O)c1ccccc1F)c1nc2ccccc2[nH]1. The first-order chi connectivity index (χ1) is 11.1. The predicted molar refractivity (Wildman–Crippen MR) is 87.5 cm³/mol. The highest BCUT2D eigenvalue weighted by Crippen LogP contribution is 2.23. The number of carbonyl (C=O) groups is 1. The molecule has 23 heavy (non-hydrogen) atoms. The molecule has 4 nitrogen and oxygen atoms in total. The molecule has 0 aliphatic rings. The van der Waals surface area contributed by atoms with Crippen molar-refractivity contribution in [3.05, 3.63) is 65.7 Å². The monoisotopic (exact) mass is 311 g/mol. The van der Waals surface area contributed by atoms with Crippen molar-refractivity contribution in [1.29, 1.82) is 0 Å². The maximum absolute atomic E-state index is 13.8. The Bertz CT molecular complexity index is 808. The van der Waals surface area contributed by atoms with E-state index in [4.69, 9.17) is 0 Å². The van der Waals surface area contributed by atoms with Crippen LogP contribution in [-0.4, -0.2) is 15.9 Å². The molecule has 1 aromatic heterocycles. The zero-order chi connectivity index (χ0) is 16.4. The van der Waals surface area contributed by atoms with Crippen molar-refractivity contribution in [2.24, 2.45) is 5.92 Å². The first kappa shape index (κ1) is 15.2. The minimum absolute atomic E-state index is 0.0364. The lowest BCUT2D eigenvalue weighted by Crippen LogP contribution is -2.33. The minimum atomic E-state index is -0.530. The van der Waals surface area contributed by atoms with E-state index in [1.807, 2.05) is 38.1 Å². The summed E-state index contributed by atoms with van der Waals surface area (Å²) in [5.74, 6) is -0.198. The summed E-state index contributed by atoms with van der Waals surface area (Å²) < 4.78 is 13.8. The number of H-pyrrole nitrogens is 1. The van der Waals surface area contributed by atoms with E-state index in [0.29, 0.717) is 5.82 Å². The van der Waals surface area contributed by atoms with Gasteiger partial charge in [-0.2, -0.15) is 0 Å². The molecule has 0 aliphatic heterocycles. The van der Waals surface area contributed by atoms with Gasteiger partial charge < -0.3 is 10.3 Å². The van der Waals surface area contributed by atoms with E-state index in [1.54, 1.807) is 12.1 Å². The Hall–Kier alpha value is -2.69. The number of imidazole rings is 1. The van der Waals surface area contributed by atoms with Gasteiger partial charge in [0.2, 0.25) is 0 Å². The van der Waals surface area contributed by atoms with E-state index in [1.165, 1.54) is 12.1 Å². The number of nitrogens with zero attached hydrogens (tertiary/aromatic N) is 1. The highest BCUT2D eigenvalue weighted by molar-refractivity contribution is 5.94. The molecular weight excluding hydrogens is 293 g/mol. The molecule has 0 bridgehead atoms. The minimum Gasteiger partial charge on any atom is -0.342 e. The second-order valence-corrected chi connectivity index (χ2v) is 5.81. The highest BCUT2D eigenvalue weighted by atomic mass is 19.1. The lowest BCUT2D eigenvalue weighted by molar-refractivity contribution is 0.0919. The number of benzene rings is 2. The van der Waals surface area contributed by atoms with Gasteiger partial charge in [0.15, 0.2) is 0 Å². The number of halogens is 1. The number of hydrogen-bond donors (Lipinski definition) is 2. The zero-order valence-corrected chi connectivity index (χ0v) is 13.0. The molecule has 0 fully saturated rings. The summed E-state index contributed by atoms with van der Waals surface area (Å²) in [4.78, 5) is 20.1. The highest BCUT2D eigenvalue weighted by Gasteiger charge is 2.23. The van der Waals surface area contributed by atoms with Crippen LogP contribution in [0.1, 0.15) is 36.1 Å². The van der Waals surface area contributed by atoms with E-state index in [2.05, 4.69) is 15.3 Å². The Labute approximate surface area is 133 Å². The average Bonchev–Trinajstić information content (AvgIpc) is 2.96.